The maximum absolute atomic E-state index is 13.0. The predicted molar refractivity (Wildman–Crippen MR) is 73.7 cm³/mol. The van der Waals surface area contributed by atoms with Crippen molar-refractivity contribution in [2.45, 2.75) is 20.0 Å². The highest BCUT2D eigenvalue weighted by Crippen LogP contribution is 2.18. The second-order valence-electron chi connectivity index (χ2n) is 3.88. The molecule has 0 radical (unpaired) electrons. The van der Waals surface area contributed by atoms with Crippen LogP contribution in [0.5, 0.6) is 0 Å². The van der Waals surface area contributed by atoms with Gasteiger partial charge in [0.1, 0.15) is 5.82 Å². The lowest BCUT2D eigenvalue weighted by molar-refractivity contribution is 0.618. The van der Waals surface area contributed by atoms with E-state index in [-0.39, 0.29) is 5.82 Å². The highest BCUT2D eigenvalue weighted by molar-refractivity contribution is 9.10. The molecule has 0 aliphatic heterocycles. The number of hydrogen-bond donors (Lipinski definition) is 1. The second-order valence-corrected chi connectivity index (χ2v) is 5.73. The van der Waals surface area contributed by atoms with E-state index in [4.69, 9.17) is 0 Å². The molecule has 0 aliphatic rings. The van der Waals surface area contributed by atoms with Gasteiger partial charge in [-0.15, -0.1) is 11.3 Å². The molecule has 1 nitrogen and oxygen atoms in total. The lowest BCUT2D eigenvalue weighted by Gasteiger charge is -2.05. The molecule has 1 aromatic heterocycles. The lowest BCUT2D eigenvalue weighted by Crippen LogP contribution is -2.12. The van der Waals surface area contributed by atoms with Crippen molar-refractivity contribution in [3.63, 3.8) is 0 Å². The minimum Gasteiger partial charge on any atom is -0.308 e. The maximum Gasteiger partial charge on any atom is 0.137 e. The largest absolute Gasteiger partial charge is 0.308 e. The Hall–Kier alpha value is -0.710. The van der Waals surface area contributed by atoms with Crippen molar-refractivity contribution >= 4 is 27.3 Å². The fourth-order valence-electron chi connectivity index (χ4n) is 1.56. The number of hydrogen-bond acceptors (Lipinski definition) is 2. The third-order valence-electron chi connectivity index (χ3n) is 2.57. The van der Waals surface area contributed by atoms with Crippen LogP contribution in [0.25, 0.3) is 0 Å². The summed E-state index contributed by atoms with van der Waals surface area (Å²) >= 11 is 4.95. The van der Waals surface area contributed by atoms with Gasteiger partial charge in [-0.25, -0.2) is 4.39 Å². The van der Waals surface area contributed by atoms with Crippen molar-refractivity contribution < 1.29 is 4.39 Å². The van der Waals surface area contributed by atoms with E-state index in [1.165, 1.54) is 16.5 Å². The van der Waals surface area contributed by atoms with Gasteiger partial charge in [-0.1, -0.05) is 6.07 Å². The minimum absolute atomic E-state index is 0.220. The highest BCUT2D eigenvalue weighted by Gasteiger charge is 2.02. The molecule has 1 heterocycles. The van der Waals surface area contributed by atoms with Gasteiger partial charge in [-0.3, -0.25) is 0 Å². The van der Waals surface area contributed by atoms with Crippen molar-refractivity contribution in [3.05, 3.63) is 55.9 Å². The van der Waals surface area contributed by atoms with Crippen LogP contribution in [-0.4, -0.2) is 0 Å². The molecule has 0 saturated heterocycles. The molecule has 1 aromatic carbocycles. The molecule has 0 bridgehead atoms. The van der Waals surface area contributed by atoms with Gasteiger partial charge in [0.25, 0.3) is 0 Å². The van der Waals surface area contributed by atoms with Crippen molar-refractivity contribution in [1.82, 2.24) is 5.32 Å². The number of halogens is 2. The van der Waals surface area contributed by atoms with Crippen LogP contribution >= 0.6 is 27.3 Å². The summed E-state index contributed by atoms with van der Waals surface area (Å²) in [4.78, 5) is 1.35. The number of thiophene rings is 1. The van der Waals surface area contributed by atoms with E-state index in [0.29, 0.717) is 4.47 Å². The summed E-state index contributed by atoms with van der Waals surface area (Å²) < 4.78 is 13.5. The molecular formula is C13H13BrFNS. The van der Waals surface area contributed by atoms with E-state index >= 15 is 0 Å². The van der Waals surface area contributed by atoms with E-state index in [0.717, 1.165) is 18.7 Å². The van der Waals surface area contributed by atoms with Gasteiger partial charge in [0.05, 0.1) is 4.47 Å². The van der Waals surface area contributed by atoms with Gasteiger partial charge in [0, 0.05) is 18.0 Å². The fourth-order valence-corrected chi connectivity index (χ4v) is 2.86. The second kappa shape index (κ2) is 5.76. The minimum atomic E-state index is -0.220. The smallest absolute Gasteiger partial charge is 0.137 e. The Bertz CT molecular complexity index is 510. The first kappa shape index (κ1) is 12.7. The zero-order chi connectivity index (χ0) is 12.3. The number of rotatable bonds is 4. The Kier molecular flexibility index (Phi) is 4.31. The van der Waals surface area contributed by atoms with Gasteiger partial charge < -0.3 is 5.32 Å². The normalized spacial score (nSPS) is 10.8. The standard InChI is InChI=1S/C13H13BrFNS/c1-9-4-5-17-13(9)8-16-7-10-2-3-12(15)11(14)6-10/h2-6,16H,7-8H2,1H3. The van der Waals surface area contributed by atoms with Crippen LogP contribution in [0.15, 0.2) is 34.1 Å². The Morgan fingerprint density at radius 3 is 2.76 bits per heavy atom. The average molecular weight is 314 g/mol. The zero-order valence-electron chi connectivity index (χ0n) is 9.47. The Morgan fingerprint density at radius 2 is 2.12 bits per heavy atom. The summed E-state index contributed by atoms with van der Waals surface area (Å²) in [5, 5.41) is 5.46. The Balaban J connectivity index is 1.90. The van der Waals surface area contributed by atoms with E-state index in [2.05, 4.69) is 39.6 Å². The highest BCUT2D eigenvalue weighted by atomic mass is 79.9. The molecule has 0 aliphatic carbocycles. The SMILES string of the molecule is Cc1ccsc1CNCc1ccc(F)c(Br)c1. The first-order valence-corrected chi connectivity index (χ1v) is 7.01. The van der Waals surface area contributed by atoms with Crippen LogP contribution in [-0.2, 0) is 13.1 Å². The fraction of sp³-hybridized carbons (Fsp3) is 0.231. The molecule has 0 saturated carbocycles. The topological polar surface area (TPSA) is 12.0 Å². The number of aryl methyl sites for hydroxylation is 1. The van der Waals surface area contributed by atoms with Crippen LogP contribution < -0.4 is 5.32 Å². The maximum atomic E-state index is 13.0. The first-order chi connectivity index (χ1) is 8.16. The molecule has 1 N–H and O–H groups in total. The Labute approximate surface area is 113 Å². The van der Waals surface area contributed by atoms with Crippen molar-refractivity contribution in [3.8, 4) is 0 Å². The van der Waals surface area contributed by atoms with E-state index in [1.54, 1.807) is 17.4 Å². The van der Waals surface area contributed by atoms with Crippen LogP contribution in [0.1, 0.15) is 16.0 Å². The Morgan fingerprint density at radius 1 is 1.29 bits per heavy atom. The van der Waals surface area contributed by atoms with E-state index < -0.39 is 0 Å². The van der Waals surface area contributed by atoms with Gasteiger partial charge in [0.2, 0.25) is 0 Å². The van der Waals surface area contributed by atoms with E-state index in [1.807, 2.05) is 6.07 Å². The summed E-state index contributed by atoms with van der Waals surface area (Å²) in [6, 6.07) is 7.21. The quantitative estimate of drug-likeness (QED) is 0.890. The lowest BCUT2D eigenvalue weighted by atomic mass is 10.2. The monoisotopic (exact) mass is 313 g/mol. The molecule has 0 unspecified atom stereocenters. The molecule has 90 valence electrons. The average Bonchev–Trinajstić information content (AvgIpc) is 2.70. The molecule has 0 spiro atoms. The zero-order valence-corrected chi connectivity index (χ0v) is 11.9. The van der Waals surface area contributed by atoms with Gasteiger partial charge in [-0.2, -0.15) is 0 Å². The molecule has 0 fully saturated rings. The van der Waals surface area contributed by atoms with Crippen molar-refractivity contribution in [2.75, 3.05) is 0 Å². The van der Waals surface area contributed by atoms with Gasteiger partial charge >= 0.3 is 0 Å². The predicted octanol–water partition coefficient (Wildman–Crippen LogP) is 4.25. The number of nitrogens with one attached hydrogen (secondary N) is 1. The van der Waals surface area contributed by atoms with Crippen LogP contribution in [0, 0.1) is 12.7 Å². The van der Waals surface area contributed by atoms with Crippen LogP contribution in [0.3, 0.4) is 0 Å². The molecule has 0 atom stereocenters. The van der Waals surface area contributed by atoms with Gasteiger partial charge in [0.15, 0.2) is 0 Å². The summed E-state index contributed by atoms with van der Waals surface area (Å²) in [5.41, 5.74) is 2.40. The molecule has 2 rings (SSSR count). The molecule has 17 heavy (non-hydrogen) atoms. The third kappa shape index (κ3) is 3.37. The molecule has 0 amide bonds. The first-order valence-electron chi connectivity index (χ1n) is 5.34. The van der Waals surface area contributed by atoms with Crippen LogP contribution in [0.2, 0.25) is 0 Å². The third-order valence-corrected chi connectivity index (χ3v) is 4.20. The summed E-state index contributed by atoms with van der Waals surface area (Å²) in [7, 11) is 0. The number of benzene rings is 1. The summed E-state index contributed by atoms with van der Waals surface area (Å²) in [5.74, 6) is -0.220. The van der Waals surface area contributed by atoms with Gasteiger partial charge in [-0.05, 0) is 57.6 Å². The van der Waals surface area contributed by atoms with Crippen molar-refractivity contribution in [2.24, 2.45) is 0 Å². The van der Waals surface area contributed by atoms with Crippen molar-refractivity contribution in [1.29, 1.82) is 0 Å². The molecule has 2 aromatic rings. The van der Waals surface area contributed by atoms with E-state index in [9.17, 15) is 4.39 Å². The molecule has 4 heteroatoms. The summed E-state index contributed by atoms with van der Waals surface area (Å²) in [6.45, 7) is 3.72. The van der Waals surface area contributed by atoms with Crippen LogP contribution in [0.4, 0.5) is 4.39 Å². The summed E-state index contributed by atoms with van der Waals surface area (Å²) in [6.07, 6.45) is 0. The molecular weight excluding hydrogens is 301 g/mol.